The molecule has 2 fully saturated rings. The third-order valence-electron chi connectivity index (χ3n) is 4.66. The number of aliphatic hydroxyl groups is 1. The molecular weight excluding hydrogens is 286 g/mol. The maximum atomic E-state index is 10.7. The van der Waals surface area contributed by atoms with E-state index in [1.807, 2.05) is 5.38 Å². The molecule has 1 unspecified atom stereocenters. The number of likely N-dealkylation sites (tertiary alicyclic amines) is 1. The van der Waals surface area contributed by atoms with Crippen molar-refractivity contribution in [2.24, 2.45) is 0 Å². The van der Waals surface area contributed by atoms with Gasteiger partial charge in [0, 0.05) is 18.5 Å². The van der Waals surface area contributed by atoms with Crippen LogP contribution in [0.2, 0.25) is 0 Å². The zero-order valence-electron chi connectivity index (χ0n) is 12.7. The number of aromatic nitrogens is 1. The Hall–Kier alpha value is -0.530. The van der Waals surface area contributed by atoms with Crippen molar-refractivity contribution < 1.29 is 9.84 Å². The van der Waals surface area contributed by atoms with Crippen LogP contribution < -0.4 is 5.32 Å². The average molecular weight is 311 g/mol. The molecule has 2 aliphatic rings. The zero-order chi connectivity index (χ0) is 14.7. The van der Waals surface area contributed by atoms with Crippen molar-refractivity contribution in [2.75, 3.05) is 33.4 Å². The van der Waals surface area contributed by atoms with Gasteiger partial charge in [-0.2, -0.15) is 0 Å². The molecule has 6 heteroatoms. The van der Waals surface area contributed by atoms with E-state index in [0.29, 0.717) is 6.04 Å². The van der Waals surface area contributed by atoms with Crippen LogP contribution >= 0.6 is 11.3 Å². The van der Waals surface area contributed by atoms with Crippen molar-refractivity contribution in [1.82, 2.24) is 15.2 Å². The lowest BCUT2D eigenvalue weighted by Crippen LogP contribution is -2.40. The highest BCUT2D eigenvalue weighted by atomic mass is 32.1. The Balaban J connectivity index is 1.65. The van der Waals surface area contributed by atoms with Gasteiger partial charge in [0.05, 0.1) is 18.8 Å². The topological polar surface area (TPSA) is 57.6 Å². The number of nitrogens with one attached hydrogen (secondary N) is 1. The van der Waals surface area contributed by atoms with Crippen molar-refractivity contribution in [1.29, 1.82) is 0 Å². The molecule has 1 aromatic heterocycles. The smallest absolute Gasteiger partial charge is 0.110 e. The van der Waals surface area contributed by atoms with Crippen molar-refractivity contribution in [2.45, 2.75) is 43.9 Å². The van der Waals surface area contributed by atoms with Gasteiger partial charge in [0.25, 0.3) is 0 Å². The first-order chi connectivity index (χ1) is 10.2. The van der Waals surface area contributed by atoms with E-state index >= 15 is 0 Å². The molecule has 0 aliphatic carbocycles. The second kappa shape index (κ2) is 6.71. The normalized spacial score (nSPS) is 26.3. The lowest BCUT2D eigenvalue weighted by Gasteiger charge is -2.31. The molecule has 3 rings (SSSR count). The number of thiazole rings is 1. The summed E-state index contributed by atoms with van der Waals surface area (Å²) in [5.41, 5.74) is 0.142. The fraction of sp³-hybridized carbons (Fsp3) is 0.800. The number of rotatable bonds is 5. The van der Waals surface area contributed by atoms with Gasteiger partial charge < -0.3 is 15.2 Å². The van der Waals surface area contributed by atoms with Crippen LogP contribution in [0.15, 0.2) is 5.38 Å². The largest absolute Gasteiger partial charge is 0.383 e. The summed E-state index contributed by atoms with van der Waals surface area (Å²) < 4.78 is 5.30. The van der Waals surface area contributed by atoms with Crippen LogP contribution in [0.1, 0.15) is 36.4 Å². The van der Waals surface area contributed by atoms with Crippen LogP contribution in [0.4, 0.5) is 0 Å². The molecule has 2 aliphatic heterocycles. The van der Waals surface area contributed by atoms with E-state index in [1.54, 1.807) is 18.4 Å². The Labute approximate surface area is 130 Å². The van der Waals surface area contributed by atoms with E-state index < -0.39 is 5.60 Å². The van der Waals surface area contributed by atoms with E-state index in [4.69, 9.17) is 9.72 Å². The standard InChI is InChI=1S/C15H25N3O2S/c1-20-10-12-3-2-8-18(12)9-14-17-13(11-21-14)15(19)4-6-16-7-5-15/h11-12,16,19H,2-10H2,1H3. The first-order valence-corrected chi connectivity index (χ1v) is 8.70. The van der Waals surface area contributed by atoms with Crippen molar-refractivity contribution >= 4 is 11.3 Å². The van der Waals surface area contributed by atoms with Crippen LogP contribution in [0.5, 0.6) is 0 Å². The molecule has 0 spiro atoms. The van der Waals surface area contributed by atoms with Gasteiger partial charge >= 0.3 is 0 Å². The maximum Gasteiger partial charge on any atom is 0.110 e. The molecule has 3 heterocycles. The molecule has 5 nitrogen and oxygen atoms in total. The van der Waals surface area contributed by atoms with Gasteiger partial charge in [-0.3, -0.25) is 4.90 Å². The SMILES string of the molecule is COCC1CCCN1Cc1nc(C2(O)CCNCC2)cs1. The molecule has 0 saturated carbocycles. The number of hydrogen-bond acceptors (Lipinski definition) is 6. The van der Waals surface area contributed by atoms with Gasteiger partial charge in [-0.1, -0.05) is 0 Å². The molecule has 0 bridgehead atoms. The van der Waals surface area contributed by atoms with Gasteiger partial charge in [0.15, 0.2) is 0 Å². The summed E-state index contributed by atoms with van der Waals surface area (Å²) in [7, 11) is 1.77. The predicted molar refractivity (Wildman–Crippen MR) is 83.4 cm³/mol. The molecule has 0 amide bonds. The van der Waals surface area contributed by atoms with Crippen molar-refractivity contribution in [3.05, 3.63) is 16.1 Å². The fourth-order valence-electron chi connectivity index (χ4n) is 3.35. The van der Waals surface area contributed by atoms with E-state index in [9.17, 15) is 5.11 Å². The number of piperidine rings is 1. The summed E-state index contributed by atoms with van der Waals surface area (Å²) in [6.45, 7) is 4.54. The minimum absolute atomic E-state index is 0.518. The van der Waals surface area contributed by atoms with E-state index in [2.05, 4.69) is 10.2 Å². The number of methoxy groups -OCH3 is 1. The Kier molecular flexibility index (Phi) is 4.91. The second-order valence-corrected chi connectivity index (χ2v) is 7.07. The molecule has 0 radical (unpaired) electrons. The minimum atomic E-state index is -0.725. The Morgan fingerprint density at radius 3 is 3.10 bits per heavy atom. The second-order valence-electron chi connectivity index (χ2n) is 6.13. The van der Waals surface area contributed by atoms with Gasteiger partial charge in [0.2, 0.25) is 0 Å². The van der Waals surface area contributed by atoms with Crippen LogP contribution in [0, 0.1) is 0 Å². The fourth-order valence-corrected chi connectivity index (χ4v) is 4.26. The Morgan fingerprint density at radius 1 is 1.52 bits per heavy atom. The number of ether oxygens (including phenoxy) is 1. The minimum Gasteiger partial charge on any atom is -0.383 e. The molecule has 1 aromatic rings. The lowest BCUT2D eigenvalue weighted by atomic mass is 9.90. The Bertz CT molecular complexity index is 460. The van der Waals surface area contributed by atoms with Crippen molar-refractivity contribution in [3.8, 4) is 0 Å². The van der Waals surface area contributed by atoms with Gasteiger partial charge in [-0.05, 0) is 45.3 Å². The molecule has 2 N–H and O–H groups in total. The summed E-state index contributed by atoms with van der Waals surface area (Å²) in [5, 5.41) is 17.2. The first kappa shape index (κ1) is 15.4. The van der Waals surface area contributed by atoms with Crippen LogP contribution in [0.25, 0.3) is 0 Å². The molecule has 21 heavy (non-hydrogen) atoms. The van der Waals surface area contributed by atoms with Crippen LogP contribution in [-0.2, 0) is 16.9 Å². The molecule has 0 aromatic carbocycles. The van der Waals surface area contributed by atoms with Gasteiger partial charge in [-0.15, -0.1) is 11.3 Å². The van der Waals surface area contributed by atoms with E-state index in [0.717, 1.165) is 56.3 Å². The third-order valence-corrected chi connectivity index (χ3v) is 5.49. The maximum absolute atomic E-state index is 10.7. The van der Waals surface area contributed by atoms with Gasteiger partial charge in [-0.25, -0.2) is 4.98 Å². The molecule has 118 valence electrons. The Morgan fingerprint density at radius 2 is 2.33 bits per heavy atom. The molecular formula is C15H25N3O2S. The monoisotopic (exact) mass is 311 g/mol. The first-order valence-electron chi connectivity index (χ1n) is 7.82. The number of hydrogen-bond donors (Lipinski definition) is 2. The quantitative estimate of drug-likeness (QED) is 0.859. The average Bonchev–Trinajstić information content (AvgIpc) is 3.11. The van der Waals surface area contributed by atoms with Gasteiger partial charge in [0.1, 0.15) is 10.6 Å². The van der Waals surface area contributed by atoms with E-state index in [-0.39, 0.29) is 0 Å². The number of nitrogens with zero attached hydrogens (tertiary/aromatic N) is 2. The summed E-state index contributed by atoms with van der Waals surface area (Å²) >= 11 is 1.67. The van der Waals surface area contributed by atoms with Crippen molar-refractivity contribution in [3.63, 3.8) is 0 Å². The molecule has 2 saturated heterocycles. The molecule has 1 atom stereocenters. The zero-order valence-corrected chi connectivity index (χ0v) is 13.5. The lowest BCUT2D eigenvalue weighted by molar-refractivity contribution is 0.00219. The predicted octanol–water partition coefficient (Wildman–Crippen LogP) is 1.32. The van der Waals surface area contributed by atoms with Crippen LogP contribution in [-0.4, -0.2) is 54.4 Å². The highest BCUT2D eigenvalue weighted by Gasteiger charge is 2.34. The highest BCUT2D eigenvalue weighted by molar-refractivity contribution is 7.09. The highest BCUT2D eigenvalue weighted by Crippen LogP contribution is 2.32. The summed E-state index contributed by atoms with van der Waals surface area (Å²) in [6.07, 6.45) is 3.96. The summed E-state index contributed by atoms with van der Waals surface area (Å²) in [4.78, 5) is 7.18. The van der Waals surface area contributed by atoms with E-state index in [1.165, 1.54) is 12.8 Å². The summed E-state index contributed by atoms with van der Waals surface area (Å²) in [6, 6.07) is 0.518. The third kappa shape index (κ3) is 3.46. The summed E-state index contributed by atoms with van der Waals surface area (Å²) in [5.74, 6) is 0. The van der Waals surface area contributed by atoms with Crippen LogP contribution in [0.3, 0.4) is 0 Å².